The molecular formula is C15H14ClN3OS. The van der Waals surface area contributed by atoms with E-state index < -0.39 is 0 Å². The molecule has 3 heterocycles. The standard InChI is InChI=1S/C15H14ClN3OS/c16-14-12-5-7-21-15(12)18-13(17-14)9-19(10-3-4-10)8-11-2-1-6-20-11/h1-2,5-7,10H,3-4,8-9H2. The van der Waals surface area contributed by atoms with Crippen LogP contribution in [-0.4, -0.2) is 20.9 Å². The maximum absolute atomic E-state index is 6.24. The van der Waals surface area contributed by atoms with Gasteiger partial charge in [0.2, 0.25) is 0 Å². The molecule has 0 N–H and O–H groups in total. The molecule has 6 heteroatoms. The lowest BCUT2D eigenvalue weighted by molar-refractivity contribution is 0.220. The van der Waals surface area contributed by atoms with E-state index in [9.17, 15) is 0 Å². The Balaban J connectivity index is 1.58. The van der Waals surface area contributed by atoms with Crippen molar-refractivity contribution in [1.82, 2.24) is 14.9 Å². The summed E-state index contributed by atoms with van der Waals surface area (Å²) in [6.07, 6.45) is 4.18. The molecule has 4 nitrogen and oxygen atoms in total. The molecule has 0 unspecified atom stereocenters. The third kappa shape index (κ3) is 2.81. The first kappa shape index (κ1) is 13.2. The fraction of sp³-hybridized carbons (Fsp3) is 0.333. The number of hydrogen-bond donors (Lipinski definition) is 0. The van der Waals surface area contributed by atoms with Crippen LogP contribution in [0.1, 0.15) is 24.4 Å². The Morgan fingerprint density at radius 3 is 2.95 bits per heavy atom. The largest absolute Gasteiger partial charge is 0.468 e. The highest BCUT2D eigenvalue weighted by Gasteiger charge is 2.30. The van der Waals surface area contributed by atoms with Gasteiger partial charge in [-0.15, -0.1) is 11.3 Å². The summed E-state index contributed by atoms with van der Waals surface area (Å²) in [7, 11) is 0. The Kier molecular flexibility index (Phi) is 3.41. The van der Waals surface area contributed by atoms with E-state index in [1.54, 1.807) is 17.6 Å². The SMILES string of the molecule is Clc1nc(CN(Cc2ccco2)C2CC2)nc2sccc12. The van der Waals surface area contributed by atoms with Crippen LogP contribution in [0.3, 0.4) is 0 Å². The van der Waals surface area contributed by atoms with Gasteiger partial charge >= 0.3 is 0 Å². The first-order valence-electron chi connectivity index (χ1n) is 6.95. The van der Waals surface area contributed by atoms with E-state index in [0.29, 0.717) is 17.7 Å². The molecule has 1 fully saturated rings. The van der Waals surface area contributed by atoms with Crippen LogP contribution in [0.15, 0.2) is 34.3 Å². The minimum absolute atomic E-state index is 0.546. The molecule has 1 aliphatic rings. The molecule has 3 aromatic rings. The summed E-state index contributed by atoms with van der Waals surface area (Å²) in [5.74, 6) is 1.76. The van der Waals surface area contributed by atoms with Crippen LogP contribution >= 0.6 is 22.9 Å². The molecule has 1 aliphatic carbocycles. The highest BCUT2D eigenvalue weighted by Crippen LogP contribution is 2.30. The molecule has 0 saturated heterocycles. The van der Waals surface area contributed by atoms with Crippen LogP contribution < -0.4 is 0 Å². The predicted molar refractivity (Wildman–Crippen MR) is 83.4 cm³/mol. The van der Waals surface area contributed by atoms with Crippen LogP contribution in [0.2, 0.25) is 5.15 Å². The predicted octanol–water partition coefficient (Wildman–Crippen LogP) is 4.10. The average molecular weight is 320 g/mol. The van der Waals surface area contributed by atoms with Crippen molar-refractivity contribution >= 4 is 33.2 Å². The second-order valence-corrected chi connectivity index (χ2v) is 6.54. The van der Waals surface area contributed by atoms with Crippen molar-refractivity contribution in [3.63, 3.8) is 0 Å². The van der Waals surface area contributed by atoms with E-state index in [2.05, 4.69) is 14.9 Å². The van der Waals surface area contributed by atoms with Crippen LogP contribution in [0.25, 0.3) is 10.2 Å². The third-order valence-corrected chi connectivity index (χ3v) is 4.77. The van der Waals surface area contributed by atoms with E-state index in [0.717, 1.165) is 28.3 Å². The topological polar surface area (TPSA) is 42.2 Å². The van der Waals surface area contributed by atoms with Gasteiger partial charge in [0.25, 0.3) is 0 Å². The lowest BCUT2D eigenvalue weighted by atomic mass is 10.3. The monoisotopic (exact) mass is 319 g/mol. The quantitative estimate of drug-likeness (QED) is 0.664. The molecule has 3 aromatic heterocycles. The second-order valence-electron chi connectivity index (χ2n) is 5.29. The molecule has 4 rings (SSSR count). The van der Waals surface area contributed by atoms with Crippen molar-refractivity contribution in [2.24, 2.45) is 0 Å². The molecule has 0 aliphatic heterocycles. The lowest BCUT2D eigenvalue weighted by Crippen LogP contribution is -2.26. The van der Waals surface area contributed by atoms with Crippen molar-refractivity contribution in [3.8, 4) is 0 Å². The van der Waals surface area contributed by atoms with Gasteiger partial charge in [-0.1, -0.05) is 11.6 Å². The molecule has 0 radical (unpaired) electrons. The van der Waals surface area contributed by atoms with Gasteiger partial charge in [0.05, 0.1) is 19.4 Å². The number of aromatic nitrogens is 2. The van der Waals surface area contributed by atoms with E-state index in [4.69, 9.17) is 16.0 Å². The summed E-state index contributed by atoms with van der Waals surface area (Å²) < 4.78 is 5.45. The second kappa shape index (κ2) is 5.40. The van der Waals surface area contributed by atoms with Crippen molar-refractivity contribution in [1.29, 1.82) is 0 Å². The fourth-order valence-corrected chi connectivity index (χ4v) is 3.56. The molecule has 0 atom stereocenters. The number of halogens is 1. The van der Waals surface area contributed by atoms with E-state index in [1.165, 1.54) is 12.8 Å². The Labute approximate surface area is 131 Å². The first-order valence-corrected chi connectivity index (χ1v) is 8.21. The number of thiophene rings is 1. The Morgan fingerprint density at radius 1 is 1.29 bits per heavy atom. The van der Waals surface area contributed by atoms with Gasteiger partial charge in [-0.05, 0) is 36.4 Å². The van der Waals surface area contributed by atoms with Crippen LogP contribution in [0.5, 0.6) is 0 Å². The number of fused-ring (bicyclic) bond motifs is 1. The van der Waals surface area contributed by atoms with Crippen LogP contribution in [-0.2, 0) is 13.1 Å². The highest BCUT2D eigenvalue weighted by atomic mass is 35.5. The van der Waals surface area contributed by atoms with Gasteiger partial charge in [-0.3, -0.25) is 4.90 Å². The lowest BCUT2D eigenvalue weighted by Gasteiger charge is -2.19. The zero-order chi connectivity index (χ0) is 14.2. The summed E-state index contributed by atoms with van der Waals surface area (Å²) in [5, 5.41) is 3.48. The van der Waals surface area contributed by atoms with E-state index in [1.807, 2.05) is 23.6 Å². The maximum atomic E-state index is 6.24. The molecule has 0 spiro atoms. The number of rotatable bonds is 5. The van der Waals surface area contributed by atoms with Crippen LogP contribution in [0.4, 0.5) is 0 Å². The molecule has 108 valence electrons. The maximum Gasteiger partial charge on any atom is 0.145 e. The van der Waals surface area contributed by atoms with Crippen molar-refractivity contribution in [2.75, 3.05) is 0 Å². The Morgan fingerprint density at radius 2 is 2.19 bits per heavy atom. The minimum atomic E-state index is 0.546. The Bertz CT molecular complexity index is 751. The van der Waals surface area contributed by atoms with Crippen molar-refractivity contribution < 1.29 is 4.42 Å². The van der Waals surface area contributed by atoms with Crippen LogP contribution in [0, 0.1) is 0 Å². The van der Waals surface area contributed by atoms with Gasteiger partial charge in [0, 0.05) is 11.4 Å². The first-order chi connectivity index (χ1) is 10.3. The van der Waals surface area contributed by atoms with Crippen molar-refractivity contribution in [2.45, 2.75) is 32.0 Å². The zero-order valence-electron chi connectivity index (χ0n) is 11.3. The van der Waals surface area contributed by atoms with E-state index >= 15 is 0 Å². The van der Waals surface area contributed by atoms with E-state index in [-0.39, 0.29) is 0 Å². The molecule has 21 heavy (non-hydrogen) atoms. The molecule has 1 saturated carbocycles. The Hall–Kier alpha value is -1.43. The van der Waals surface area contributed by atoms with Gasteiger partial charge in [-0.25, -0.2) is 9.97 Å². The highest BCUT2D eigenvalue weighted by molar-refractivity contribution is 7.16. The number of furan rings is 1. The fourth-order valence-electron chi connectivity index (χ4n) is 2.47. The van der Waals surface area contributed by atoms with Gasteiger partial charge in [0.1, 0.15) is 21.6 Å². The molecular weight excluding hydrogens is 306 g/mol. The minimum Gasteiger partial charge on any atom is -0.468 e. The summed E-state index contributed by atoms with van der Waals surface area (Å²) in [6, 6.07) is 6.50. The summed E-state index contributed by atoms with van der Waals surface area (Å²) in [6.45, 7) is 1.50. The summed E-state index contributed by atoms with van der Waals surface area (Å²) in [4.78, 5) is 12.4. The normalized spacial score (nSPS) is 15.1. The molecule has 0 aromatic carbocycles. The average Bonchev–Trinajstić information content (AvgIpc) is 2.98. The third-order valence-electron chi connectivity index (χ3n) is 3.67. The summed E-state index contributed by atoms with van der Waals surface area (Å²) in [5.41, 5.74) is 0. The van der Waals surface area contributed by atoms with Crippen molar-refractivity contribution in [3.05, 3.63) is 46.6 Å². The molecule has 0 amide bonds. The van der Waals surface area contributed by atoms with Gasteiger partial charge < -0.3 is 4.42 Å². The molecule has 0 bridgehead atoms. The number of hydrogen-bond acceptors (Lipinski definition) is 5. The smallest absolute Gasteiger partial charge is 0.145 e. The zero-order valence-corrected chi connectivity index (χ0v) is 12.9. The number of nitrogens with zero attached hydrogens (tertiary/aromatic N) is 3. The van der Waals surface area contributed by atoms with Gasteiger partial charge in [0.15, 0.2) is 0 Å². The van der Waals surface area contributed by atoms with Gasteiger partial charge in [-0.2, -0.15) is 0 Å². The summed E-state index contributed by atoms with van der Waals surface area (Å²) >= 11 is 7.84.